The van der Waals surface area contributed by atoms with E-state index in [0.717, 1.165) is 0 Å². The van der Waals surface area contributed by atoms with Crippen molar-refractivity contribution < 1.29 is 93.1 Å². The molecule has 0 aromatic carbocycles. The number of aliphatic hydroxyl groups is 9. The lowest BCUT2D eigenvalue weighted by Gasteiger charge is -2.48. The van der Waals surface area contributed by atoms with Crippen molar-refractivity contribution >= 4 is 7.60 Å². The van der Waals surface area contributed by atoms with Gasteiger partial charge in [0.25, 0.3) is 0 Å². The Morgan fingerprint density at radius 3 is 1.64 bits per heavy atom. The SMILES string of the molecule is CC(C)OCC1OC(OC2C(O)C(CO)OC(OC3C(O)C(CO)OC(OCCCCCOP(=O)(O)C(C)(C)C)C3O)C2O)C(O)C(O)C1O. The summed E-state index contributed by atoms with van der Waals surface area (Å²) < 4.78 is 56.6. The standard InChI is InChI=1S/C30H57O19P/c1-14(2)43-13-17-18(33)21(36)22(37)28(47-17)48-26-20(35)16(12-32)46-29(24(26)39)49-25-19(34)15(11-31)45-27(23(25)38)42-9-7-6-8-10-44-50(40,41)30(3,4)5/h14-29,31-39H,6-13H2,1-5H3,(H,40,41). The lowest BCUT2D eigenvalue weighted by Crippen LogP contribution is -2.67. The van der Waals surface area contributed by atoms with Crippen LogP contribution in [0.3, 0.4) is 0 Å². The number of hydrogen-bond acceptors (Lipinski definition) is 18. The molecule has 0 saturated carbocycles. The molecule has 3 aliphatic heterocycles. The first-order valence-corrected chi connectivity index (χ1v) is 18.4. The molecule has 0 aromatic rings. The smallest absolute Gasteiger partial charge is 0.333 e. The molecule has 3 saturated heterocycles. The molecule has 3 rings (SSSR count). The van der Waals surface area contributed by atoms with E-state index in [9.17, 15) is 55.4 Å². The van der Waals surface area contributed by atoms with Crippen LogP contribution in [0.1, 0.15) is 53.9 Å². The van der Waals surface area contributed by atoms with Crippen molar-refractivity contribution in [3.63, 3.8) is 0 Å². The van der Waals surface area contributed by atoms with Gasteiger partial charge in [0.05, 0.1) is 37.7 Å². The summed E-state index contributed by atoms with van der Waals surface area (Å²) in [6.45, 7) is 6.61. The fourth-order valence-electron chi connectivity index (χ4n) is 5.40. The van der Waals surface area contributed by atoms with Crippen LogP contribution >= 0.6 is 7.60 Å². The van der Waals surface area contributed by atoms with Crippen molar-refractivity contribution in [2.45, 2.75) is 157 Å². The minimum Gasteiger partial charge on any atom is -0.394 e. The van der Waals surface area contributed by atoms with Gasteiger partial charge < -0.3 is 88.5 Å². The molecule has 0 amide bonds. The zero-order valence-electron chi connectivity index (χ0n) is 29.0. The summed E-state index contributed by atoms with van der Waals surface area (Å²) >= 11 is 0. The van der Waals surface area contributed by atoms with E-state index in [2.05, 4.69) is 0 Å². The Labute approximate surface area is 291 Å². The van der Waals surface area contributed by atoms with E-state index in [-0.39, 0.29) is 25.9 Å². The van der Waals surface area contributed by atoms with Crippen LogP contribution in [0.5, 0.6) is 0 Å². The van der Waals surface area contributed by atoms with Gasteiger partial charge in [0.2, 0.25) is 0 Å². The Hall–Kier alpha value is -0.490. The van der Waals surface area contributed by atoms with Crippen LogP contribution in [-0.2, 0) is 42.2 Å². The predicted molar refractivity (Wildman–Crippen MR) is 168 cm³/mol. The van der Waals surface area contributed by atoms with E-state index in [4.69, 9.17) is 37.7 Å². The zero-order chi connectivity index (χ0) is 37.6. The van der Waals surface area contributed by atoms with Crippen LogP contribution < -0.4 is 0 Å². The molecule has 19 nitrogen and oxygen atoms in total. The molecule has 296 valence electrons. The third-order valence-electron chi connectivity index (χ3n) is 8.67. The molecule has 16 atom stereocenters. The van der Waals surface area contributed by atoms with Crippen LogP contribution in [0.25, 0.3) is 0 Å². The van der Waals surface area contributed by atoms with Crippen molar-refractivity contribution in [2.24, 2.45) is 0 Å². The van der Waals surface area contributed by atoms with Crippen molar-refractivity contribution in [1.29, 1.82) is 0 Å². The maximum atomic E-state index is 12.2. The quantitative estimate of drug-likeness (QED) is 0.0525. The Kier molecular flexibility index (Phi) is 16.9. The average molecular weight is 753 g/mol. The maximum Gasteiger partial charge on any atom is 0.333 e. The fraction of sp³-hybridized carbons (Fsp3) is 1.00. The highest BCUT2D eigenvalue weighted by molar-refractivity contribution is 7.54. The Morgan fingerprint density at radius 1 is 0.640 bits per heavy atom. The first kappa shape index (κ1) is 43.9. The van der Waals surface area contributed by atoms with Gasteiger partial charge in [-0.3, -0.25) is 4.57 Å². The number of ether oxygens (including phenoxy) is 7. The summed E-state index contributed by atoms with van der Waals surface area (Å²) in [5, 5.41) is 94.2. The van der Waals surface area contributed by atoms with Crippen LogP contribution in [0, 0.1) is 0 Å². The first-order valence-electron chi connectivity index (χ1n) is 16.8. The third-order valence-corrected chi connectivity index (χ3v) is 10.9. The van der Waals surface area contributed by atoms with E-state index in [1.165, 1.54) is 0 Å². The molecule has 3 fully saturated rings. The highest BCUT2D eigenvalue weighted by Crippen LogP contribution is 2.54. The Balaban J connectivity index is 1.64. The van der Waals surface area contributed by atoms with E-state index >= 15 is 0 Å². The van der Waals surface area contributed by atoms with Gasteiger partial charge in [-0.05, 0) is 53.9 Å². The van der Waals surface area contributed by atoms with Crippen LogP contribution in [0.4, 0.5) is 0 Å². The van der Waals surface area contributed by atoms with E-state index in [0.29, 0.717) is 19.3 Å². The predicted octanol–water partition coefficient (Wildman–Crippen LogP) is -2.95. The summed E-state index contributed by atoms with van der Waals surface area (Å²) in [4.78, 5) is 10.0. The molecule has 0 aromatic heterocycles. The number of unbranched alkanes of at least 4 members (excludes halogenated alkanes) is 2. The van der Waals surface area contributed by atoms with Gasteiger partial charge in [-0.1, -0.05) is 0 Å². The highest BCUT2D eigenvalue weighted by Gasteiger charge is 2.54. The molecule has 3 heterocycles. The molecule has 0 bridgehead atoms. The van der Waals surface area contributed by atoms with Crippen LogP contribution in [-0.4, -0.2) is 187 Å². The van der Waals surface area contributed by atoms with Gasteiger partial charge >= 0.3 is 7.60 Å². The first-order chi connectivity index (χ1) is 23.3. The Morgan fingerprint density at radius 2 is 1.12 bits per heavy atom. The van der Waals surface area contributed by atoms with E-state index < -0.39 is 118 Å². The van der Waals surface area contributed by atoms with E-state index in [1.807, 2.05) is 0 Å². The van der Waals surface area contributed by atoms with Crippen molar-refractivity contribution in [2.75, 3.05) is 33.0 Å². The minimum absolute atomic E-state index is 0.0312. The van der Waals surface area contributed by atoms with Gasteiger partial charge in [0.15, 0.2) is 18.9 Å². The summed E-state index contributed by atoms with van der Waals surface area (Å²) in [5.41, 5.74) is 0. The second-order valence-corrected chi connectivity index (χ2v) is 16.6. The Bertz CT molecular complexity index is 1050. The number of hydrogen-bond donors (Lipinski definition) is 10. The zero-order valence-corrected chi connectivity index (χ0v) is 29.9. The highest BCUT2D eigenvalue weighted by atomic mass is 31.2. The molecular weight excluding hydrogens is 695 g/mol. The van der Waals surface area contributed by atoms with Gasteiger partial charge in [0.1, 0.15) is 73.2 Å². The van der Waals surface area contributed by atoms with Crippen LogP contribution in [0.15, 0.2) is 0 Å². The molecule has 16 unspecified atom stereocenters. The van der Waals surface area contributed by atoms with Gasteiger partial charge in [-0.15, -0.1) is 0 Å². The van der Waals surface area contributed by atoms with Crippen molar-refractivity contribution in [3.05, 3.63) is 0 Å². The van der Waals surface area contributed by atoms with Gasteiger partial charge in [-0.25, -0.2) is 0 Å². The lowest BCUT2D eigenvalue weighted by atomic mass is 9.96. The molecule has 0 aliphatic carbocycles. The molecule has 10 N–H and O–H groups in total. The molecule has 50 heavy (non-hydrogen) atoms. The lowest BCUT2D eigenvalue weighted by molar-refractivity contribution is -0.381. The normalized spacial score (nSPS) is 41.3. The van der Waals surface area contributed by atoms with Gasteiger partial charge in [0, 0.05) is 6.61 Å². The second-order valence-electron chi connectivity index (χ2n) is 14.0. The largest absolute Gasteiger partial charge is 0.394 e. The van der Waals surface area contributed by atoms with E-state index in [1.54, 1.807) is 34.6 Å². The maximum absolute atomic E-state index is 12.2. The summed E-state index contributed by atoms with van der Waals surface area (Å²) in [5.74, 6) is 0. The monoisotopic (exact) mass is 752 g/mol. The minimum atomic E-state index is -3.79. The average Bonchev–Trinajstić information content (AvgIpc) is 3.05. The molecular formula is C30H57O19P. The number of aliphatic hydroxyl groups excluding tert-OH is 9. The summed E-state index contributed by atoms with van der Waals surface area (Å²) in [7, 11) is -3.79. The van der Waals surface area contributed by atoms with Crippen LogP contribution in [0.2, 0.25) is 0 Å². The molecule has 0 radical (unpaired) electrons. The second kappa shape index (κ2) is 19.2. The van der Waals surface area contributed by atoms with Gasteiger partial charge in [-0.2, -0.15) is 0 Å². The third kappa shape index (κ3) is 11.0. The number of rotatable bonds is 17. The van der Waals surface area contributed by atoms with Crippen molar-refractivity contribution in [3.8, 4) is 0 Å². The summed E-state index contributed by atoms with van der Waals surface area (Å²) in [6, 6.07) is 0. The summed E-state index contributed by atoms with van der Waals surface area (Å²) in [6.07, 6.45) is -23.3. The molecule has 20 heteroatoms. The topological polar surface area (TPSA) is 293 Å². The molecule has 3 aliphatic rings. The fourth-order valence-corrected chi connectivity index (χ4v) is 6.17. The molecule has 0 spiro atoms. The van der Waals surface area contributed by atoms with Crippen molar-refractivity contribution in [1.82, 2.24) is 0 Å².